The lowest BCUT2D eigenvalue weighted by Gasteiger charge is -2.49. The van der Waals surface area contributed by atoms with Gasteiger partial charge in [0.15, 0.2) is 5.79 Å². The van der Waals surface area contributed by atoms with E-state index >= 15 is 0 Å². The number of allylic oxidation sites excluding steroid dienone is 5. The normalized spacial score (nSPS) is 38.1. The number of cyclic esters (lactones) is 1. The van der Waals surface area contributed by atoms with Crippen molar-refractivity contribution in [2.45, 2.75) is 124 Å². The average Bonchev–Trinajstić information content (AvgIpc) is 3.04. The van der Waals surface area contributed by atoms with E-state index in [0.29, 0.717) is 24.5 Å². The van der Waals surface area contributed by atoms with E-state index in [1.165, 1.54) is 7.11 Å². The minimum atomic E-state index is -1.95. The maximum atomic E-state index is 13.5. The van der Waals surface area contributed by atoms with Crippen LogP contribution in [0.3, 0.4) is 0 Å². The predicted octanol–water partition coefficient (Wildman–Crippen LogP) is 5.05. The summed E-state index contributed by atoms with van der Waals surface area (Å²) in [5, 5.41) is 43.5. The van der Waals surface area contributed by atoms with Gasteiger partial charge in [-0.05, 0) is 45.6 Å². The van der Waals surface area contributed by atoms with E-state index in [-0.39, 0.29) is 24.2 Å². The molecule has 276 valence electrons. The number of aliphatic carboxylic acids is 1. The summed E-state index contributed by atoms with van der Waals surface area (Å²) < 4.78 is 23.6. The molecule has 0 unspecified atom stereocenters. The Hall–Kier alpha value is -3.09. The van der Waals surface area contributed by atoms with Crippen LogP contribution in [0, 0.1) is 29.6 Å². The van der Waals surface area contributed by atoms with Crippen molar-refractivity contribution in [2.75, 3.05) is 7.11 Å². The van der Waals surface area contributed by atoms with E-state index in [2.05, 4.69) is 0 Å². The second-order valence-corrected chi connectivity index (χ2v) is 14.0. The van der Waals surface area contributed by atoms with Crippen molar-refractivity contribution in [1.29, 1.82) is 0 Å². The molecule has 0 spiro atoms. The van der Waals surface area contributed by atoms with E-state index in [1.54, 1.807) is 39.0 Å². The SMILES string of the molecule is CC[C@H]1O[C@@](O)([C@@H](C)[C@H](O)[C@H](C)[C@H]2OC(=O)/C(C)=C/C(C)=C/[C@@H](C)[C@H](O)[C@H](C)C/C(C)=C/C=C/[C@@H]2OC)C[C@@H](OC(=O)/C=C/C(=O)O)[C@H]1C. The molecule has 4 N–H and O–H groups in total. The minimum Gasteiger partial charge on any atom is -0.478 e. The summed E-state index contributed by atoms with van der Waals surface area (Å²) >= 11 is 0. The first-order valence-electron chi connectivity index (χ1n) is 17.2. The fourth-order valence-electron chi connectivity index (χ4n) is 6.79. The average molecular weight is 691 g/mol. The Morgan fingerprint density at radius 1 is 1.14 bits per heavy atom. The molecule has 2 aliphatic rings. The molecule has 49 heavy (non-hydrogen) atoms. The zero-order valence-corrected chi connectivity index (χ0v) is 30.7. The van der Waals surface area contributed by atoms with Crippen LogP contribution in [0.15, 0.2) is 59.3 Å². The first-order valence-corrected chi connectivity index (χ1v) is 17.2. The summed E-state index contributed by atoms with van der Waals surface area (Å²) in [5.41, 5.74) is 2.15. The third kappa shape index (κ3) is 11.7. The molecular weight excluding hydrogens is 632 g/mol. The predicted molar refractivity (Wildman–Crippen MR) is 185 cm³/mol. The summed E-state index contributed by atoms with van der Waals surface area (Å²) in [6.07, 6.45) is 6.52. The molecule has 2 aliphatic heterocycles. The van der Waals surface area contributed by atoms with Crippen molar-refractivity contribution in [2.24, 2.45) is 29.6 Å². The fraction of sp³-hybridized carbons (Fsp3) is 0.658. The second kappa shape index (κ2) is 18.8. The van der Waals surface area contributed by atoms with Crippen LogP contribution in [-0.4, -0.2) is 87.9 Å². The highest BCUT2D eigenvalue weighted by Crippen LogP contribution is 2.41. The summed E-state index contributed by atoms with van der Waals surface area (Å²) in [6.45, 7) is 16.4. The molecule has 0 aromatic heterocycles. The first kappa shape index (κ1) is 42.1. The molecule has 1 fully saturated rings. The molecule has 11 nitrogen and oxygen atoms in total. The number of esters is 2. The zero-order chi connectivity index (χ0) is 37.2. The molecule has 0 amide bonds. The van der Waals surface area contributed by atoms with E-state index in [0.717, 1.165) is 17.2 Å². The largest absolute Gasteiger partial charge is 0.478 e. The summed E-state index contributed by atoms with van der Waals surface area (Å²) in [5.74, 6) is -6.97. The van der Waals surface area contributed by atoms with Crippen LogP contribution < -0.4 is 0 Å². The van der Waals surface area contributed by atoms with Gasteiger partial charge in [0.2, 0.25) is 0 Å². The van der Waals surface area contributed by atoms with Crippen LogP contribution in [0.4, 0.5) is 0 Å². The van der Waals surface area contributed by atoms with E-state index < -0.39 is 72.2 Å². The molecule has 0 bridgehead atoms. The number of aliphatic hydroxyl groups is 3. The lowest BCUT2D eigenvalue weighted by Crippen LogP contribution is -2.58. The van der Waals surface area contributed by atoms with Crippen LogP contribution in [-0.2, 0) is 33.3 Å². The van der Waals surface area contributed by atoms with Gasteiger partial charge < -0.3 is 39.4 Å². The Balaban J connectivity index is 2.48. The van der Waals surface area contributed by atoms with Crippen LogP contribution >= 0.6 is 0 Å². The highest BCUT2D eigenvalue weighted by molar-refractivity contribution is 5.90. The third-order valence-corrected chi connectivity index (χ3v) is 9.91. The number of carbonyl (C=O) groups is 3. The number of carbonyl (C=O) groups excluding carboxylic acids is 2. The Kier molecular flexibility index (Phi) is 16.1. The number of hydrogen-bond acceptors (Lipinski definition) is 10. The Bertz CT molecular complexity index is 1300. The van der Waals surface area contributed by atoms with E-state index in [1.807, 2.05) is 53.7 Å². The van der Waals surface area contributed by atoms with Gasteiger partial charge in [-0.2, -0.15) is 0 Å². The molecule has 1 saturated heterocycles. The van der Waals surface area contributed by atoms with Crippen LogP contribution in [0.2, 0.25) is 0 Å². The van der Waals surface area contributed by atoms with Crippen molar-refractivity contribution in [3.05, 3.63) is 59.3 Å². The molecule has 12 atom stereocenters. The monoisotopic (exact) mass is 690 g/mol. The van der Waals surface area contributed by atoms with Gasteiger partial charge in [0.25, 0.3) is 0 Å². The lowest BCUT2D eigenvalue weighted by molar-refractivity contribution is -0.323. The van der Waals surface area contributed by atoms with Gasteiger partial charge in [0, 0.05) is 54.9 Å². The number of ether oxygens (including phenoxy) is 4. The van der Waals surface area contributed by atoms with Crippen molar-refractivity contribution in [3.8, 4) is 0 Å². The van der Waals surface area contributed by atoms with Gasteiger partial charge in [-0.1, -0.05) is 77.0 Å². The topological polar surface area (TPSA) is 169 Å². The van der Waals surface area contributed by atoms with Gasteiger partial charge >= 0.3 is 17.9 Å². The molecule has 0 saturated carbocycles. The number of aliphatic hydroxyl groups excluding tert-OH is 2. The molecule has 0 radical (unpaired) electrons. The first-order chi connectivity index (χ1) is 22.8. The maximum absolute atomic E-state index is 13.5. The molecule has 2 rings (SSSR count). The highest BCUT2D eigenvalue weighted by atomic mass is 16.6. The minimum absolute atomic E-state index is 0.0123. The van der Waals surface area contributed by atoms with Gasteiger partial charge in [-0.25, -0.2) is 14.4 Å². The quantitative estimate of drug-likeness (QED) is 0.189. The number of hydrogen-bond donors (Lipinski definition) is 4. The van der Waals surface area contributed by atoms with Crippen molar-refractivity contribution >= 4 is 17.9 Å². The zero-order valence-electron chi connectivity index (χ0n) is 30.7. The Morgan fingerprint density at radius 2 is 1.80 bits per heavy atom. The van der Waals surface area contributed by atoms with E-state index in [9.17, 15) is 29.7 Å². The smallest absolute Gasteiger partial charge is 0.334 e. The summed E-state index contributed by atoms with van der Waals surface area (Å²) in [7, 11) is 1.48. The van der Waals surface area contributed by atoms with Gasteiger partial charge in [-0.3, -0.25) is 0 Å². The molecule has 0 aromatic carbocycles. The Labute approximate surface area is 291 Å². The number of carboxylic acid groups (broad SMARTS) is 1. The molecule has 0 aliphatic carbocycles. The third-order valence-electron chi connectivity index (χ3n) is 9.91. The Morgan fingerprint density at radius 3 is 2.39 bits per heavy atom. The number of methoxy groups -OCH3 is 1. The molecular formula is C38H58O11. The van der Waals surface area contributed by atoms with Gasteiger partial charge in [-0.15, -0.1) is 0 Å². The number of carboxylic acids is 1. The summed E-state index contributed by atoms with van der Waals surface area (Å²) in [6, 6.07) is 0. The summed E-state index contributed by atoms with van der Waals surface area (Å²) in [4.78, 5) is 36.8. The van der Waals surface area contributed by atoms with Crippen molar-refractivity contribution in [3.63, 3.8) is 0 Å². The van der Waals surface area contributed by atoms with E-state index in [4.69, 9.17) is 24.1 Å². The van der Waals surface area contributed by atoms with Crippen LogP contribution in [0.1, 0.15) is 81.6 Å². The van der Waals surface area contributed by atoms with Crippen molar-refractivity contribution in [1.82, 2.24) is 0 Å². The standard InChI is InChI=1S/C38H58O11/c1-11-29-26(7)31(47-33(41)16-15-32(39)40)20-38(45,49-29)28(9)35(43)27(8)36-30(46-10)14-12-13-21(2)17-23(4)34(42)24(5)18-22(3)19-25(6)37(44)48-36/h12-16,18-19,23-24,26-31,34-36,42-43,45H,11,17,20H2,1-10H3,(H,39,40)/b14-12+,16-15+,21-13+,22-18+,25-19+/t23-,24-,26+,27+,28+,29-,30+,31-,34-,35-,36-,38-/m1/s1. The van der Waals surface area contributed by atoms with Gasteiger partial charge in [0.05, 0.1) is 18.3 Å². The maximum Gasteiger partial charge on any atom is 0.334 e. The van der Waals surface area contributed by atoms with Gasteiger partial charge in [0.1, 0.15) is 18.3 Å². The van der Waals surface area contributed by atoms with Crippen LogP contribution in [0.25, 0.3) is 0 Å². The molecule has 0 aromatic rings. The molecule has 11 heteroatoms. The van der Waals surface area contributed by atoms with Crippen LogP contribution in [0.5, 0.6) is 0 Å². The van der Waals surface area contributed by atoms with Crippen molar-refractivity contribution < 1.29 is 53.8 Å². The fourth-order valence-corrected chi connectivity index (χ4v) is 6.79. The molecule has 2 heterocycles. The second-order valence-electron chi connectivity index (χ2n) is 14.0. The number of rotatable bonds is 9. The highest BCUT2D eigenvalue weighted by Gasteiger charge is 2.52. The lowest BCUT2D eigenvalue weighted by atomic mass is 9.77.